The molecule has 94 valence electrons. The van der Waals surface area contributed by atoms with Crippen LogP contribution in [0.15, 0.2) is 16.7 Å². The third kappa shape index (κ3) is 3.38. The molecule has 4 nitrogen and oxygen atoms in total. The van der Waals surface area contributed by atoms with E-state index >= 15 is 0 Å². The Kier molecular flexibility index (Phi) is 3.67. The highest BCUT2D eigenvalue weighted by atomic mass is 79.9. The van der Waals surface area contributed by atoms with Crippen LogP contribution in [0.5, 0.6) is 0 Å². The summed E-state index contributed by atoms with van der Waals surface area (Å²) in [5.41, 5.74) is 0. The van der Waals surface area contributed by atoms with Gasteiger partial charge in [0.15, 0.2) is 21.5 Å². The maximum atomic E-state index is 13.5. The lowest BCUT2D eigenvalue weighted by Crippen LogP contribution is -2.35. The fourth-order valence-corrected chi connectivity index (χ4v) is 3.79. The lowest BCUT2D eigenvalue weighted by molar-refractivity contribution is 0.558. The molecule has 1 saturated heterocycles. The van der Waals surface area contributed by atoms with Gasteiger partial charge in [-0.3, -0.25) is 0 Å². The zero-order chi connectivity index (χ0) is 12.5. The van der Waals surface area contributed by atoms with E-state index in [-0.39, 0.29) is 23.4 Å². The first-order valence-corrected chi connectivity index (χ1v) is 7.86. The van der Waals surface area contributed by atoms with Gasteiger partial charge in [0.1, 0.15) is 0 Å². The summed E-state index contributed by atoms with van der Waals surface area (Å²) in [4.78, 5) is 3.89. The van der Waals surface area contributed by atoms with Crippen LogP contribution in [0.2, 0.25) is 0 Å². The molecule has 1 atom stereocenters. The molecule has 2 heterocycles. The van der Waals surface area contributed by atoms with Gasteiger partial charge in [0, 0.05) is 16.7 Å². The highest BCUT2D eigenvalue weighted by Gasteiger charge is 2.25. The number of aromatic nitrogens is 1. The predicted octanol–water partition coefficient (Wildman–Crippen LogP) is 1.97. The molecule has 0 aliphatic carbocycles. The number of nitrogens with zero attached hydrogens (tertiary/aromatic N) is 1. The lowest BCUT2D eigenvalue weighted by atomic mass is 10.2. The zero-order valence-electron chi connectivity index (χ0n) is 8.99. The van der Waals surface area contributed by atoms with Gasteiger partial charge in [0.2, 0.25) is 0 Å². The monoisotopic (exact) mass is 322 g/mol. The van der Waals surface area contributed by atoms with Crippen molar-refractivity contribution in [2.75, 3.05) is 16.8 Å². The van der Waals surface area contributed by atoms with E-state index in [1.165, 1.54) is 12.3 Å². The van der Waals surface area contributed by atoms with E-state index in [0.29, 0.717) is 10.9 Å². The Morgan fingerprint density at radius 3 is 2.94 bits per heavy atom. The predicted molar refractivity (Wildman–Crippen MR) is 67.2 cm³/mol. The van der Waals surface area contributed by atoms with Crippen molar-refractivity contribution in [2.24, 2.45) is 0 Å². The topological polar surface area (TPSA) is 59.1 Å². The Hall–Kier alpha value is -0.690. The Labute approximate surface area is 108 Å². The Bertz CT molecular complexity index is 521. The van der Waals surface area contributed by atoms with Crippen LogP contribution in [0.25, 0.3) is 0 Å². The standard InChI is InChI=1S/C10H12BrFN2O2S/c11-7-4-9(12)10(13-5-7)14-8-2-1-3-17(15,16)6-8/h4-5,8H,1-3,6H2,(H,13,14). The minimum atomic E-state index is -3.00. The van der Waals surface area contributed by atoms with Crippen molar-refractivity contribution in [1.82, 2.24) is 4.98 Å². The summed E-state index contributed by atoms with van der Waals surface area (Å²) in [6, 6.07) is 1.05. The van der Waals surface area contributed by atoms with Crippen molar-refractivity contribution in [2.45, 2.75) is 18.9 Å². The summed E-state index contributed by atoms with van der Waals surface area (Å²) in [5, 5.41) is 2.85. The number of rotatable bonds is 2. The number of pyridine rings is 1. The van der Waals surface area contributed by atoms with Gasteiger partial charge in [-0.1, -0.05) is 0 Å². The highest BCUT2D eigenvalue weighted by molar-refractivity contribution is 9.10. The van der Waals surface area contributed by atoms with Gasteiger partial charge in [-0.15, -0.1) is 0 Å². The van der Waals surface area contributed by atoms with Gasteiger partial charge in [0.25, 0.3) is 0 Å². The van der Waals surface area contributed by atoms with Crippen molar-refractivity contribution in [3.05, 3.63) is 22.6 Å². The van der Waals surface area contributed by atoms with Gasteiger partial charge in [-0.25, -0.2) is 17.8 Å². The van der Waals surface area contributed by atoms with E-state index in [1.807, 2.05) is 0 Å². The van der Waals surface area contributed by atoms with Crippen molar-refractivity contribution in [3.8, 4) is 0 Å². The molecule has 0 bridgehead atoms. The van der Waals surface area contributed by atoms with E-state index in [2.05, 4.69) is 26.2 Å². The summed E-state index contributed by atoms with van der Waals surface area (Å²) in [6.07, 6.45) is 2.80. The third-order valence-electron chi connectivity index (χ3n) is 2.61. The molecule has 0 saturated carbocycles. The minimum absolute atomic E-state index is 0.0458. The first kappa shape index (κ1) is 12.8. The molecular formula is C10H12BrFN2O2S. The third-order valence-corrected chi connectivity index (χ3v) is 4.87. The molecule has 1 N–H and O–H groups in total. The fraction of sp³-hybridized carbons (Fsp3) is 0.500. The highest BCUT2D eigenvalue weighted by Crippen LogP contribution is 2.20. The Balaban J connectivity index is 2.10. The first-order chi connectivity index (χ1) is 7.96. The van der Waals surface area contributed by atoms with Gasteiger partial charge < -0.3 is 5.32 Å². The molecule has 2 rings (SSSR count). The number of sulfone groups is 1. The van der Waals surface area contributed by atoms with Crippen molar-refractivity contribution >= 4 is 31.6 Å². The number of anilines is 1. The summed E-state index contributed by atoms with van der Waals surface area (Å²) < 4.78 is 36.9. The maximum absolute atomic E-state index is 13.5. The van der Waals surface area contributed by atoms with Crippen LogP contribution in [0, 0.1) is 5.82 Å². The molecule has 1 unspecified atom stereocenters. The van der Waals surface area contributed by atoms with E-state index < -0.39 is 15.7 Å². The first-order valence-electron chi connectivity index (χ1n) is 5.24. The van der Waals surface area contributed by atoms with E-state index in [4.69, 9.17) is 0 Å². The average molecular weight is 323 g/mol. The van der Waals surface area contributed by atoms with Crippen LogP contribution in [0.4, 0.5) is 10.2 Å². The molecule has 1 aliphatic rings. The normalized spacial score (nSPS) is 23.3. The van der Waals surface area contributed by atoms with E-state index in [9.17, 15) is 12.8 Å². The summed E-state index contributed by atoms with van der Waals surface area (Å²) in [6.45, 7) is 0. The molecule has 17 heavy (non-hydrogen) atoms. The number of nitrogens with one attached hydrogen (secondary N) is 1. The summed E-state index contributed by atoms with van der Waals surface area (Å²) in [7, 11) is -3.00. The largest absolute Gasteiger partial charge is 0.364 e. The lowest BCUT2D eigenvalue weighted by Gasteiger charge is -2.23. The molecule has 1 aromatic heterocycles. The molecular weight excluding hydrogens is 311 g/mol. The molecule has 0 aromatic carbocycles. The molecule has 1 fully saturated rings. The van der Waals surface area contributed by atoms with Crippen LogP contribution in [-0.2, 0) is 9.84 Å². The minimum Gasteiger partial charge on any atom is -0.364 e. The molecule has 0 spiro atoms. The molecule has 0 radical (unpaired) electrons. The number of hydrogen-bond acceptors (Lipinski definition) is 4. The van der Waals surface area contributed by atoms with Crippen molar-refractivity contribution in [1.29, 1.82) is 0 Å². The van der Waals surface area contributed by atoms with Crippen LogP contribution in [0.1, 0.15) is 12.8 Å². The quantitative estimate of drug-likeness (QED) is 0.904. The molecule has 1 aromatic rings. The molecule has 0 amide bonds. The summed E-state index contributed by atoms with van der Waals surface area (Å²) in [5.74, 6) is -0.108. The van der Waals surface area contributed by atoms with Crippen LogP contribution >= 0.6 is 15.9 Å². The molecule has 7 heteroatoms. The average Bonchev–Trinajstić information content (AvgIpc) is 2.21. The van der Waals surface area contributed by atoms with Crippen LogP contribution in [0.3, 0.4) is 0 Å². The van der Waals surface area contributed by atoms with Gasteiger partial charge in [-0.2, -0.15) is 0 Å². The SMILES string of the molecule is O=S1(=O)CCCC(Nc2ncc(Br)cc2F)C1. The van der Waals surface area contributed by atoms with Gasteiger partial charge in [0.05, 0.1) is 11.5 Å². The molecule has 1 aliphatic heterocycles. The fourth-order valence-electron chi connectivity index (χ4n) is 1.85. The van der Waals surface area contributed by atoms with Crippen LogP contribution < -0.4 is 5.32 Å². The second kappa shape index (κ2) is 4.89. The van der Waals surface area contributed by atoms with E-state index in [1.54, 1.807) is 0 Å². The smallest absolute Gasteiger partial charge is 0.166 e. The van der Waals surface area contributed by atoms with Crippen molar-refractivity contribution in [3.63, 3.8) is 0 Å². The number of hydrogen-bond donors (Lipinski definition) is 1. The zero-order valence-corrected chi connectivity index (χ0v) is 11.4. The number of halogens is 2. The van der Waals surface area contributed by atoms with Crippen LogP contribution in [-0.4, -0.2) is 30.9 Å². The second-order valence-corrected chi connectivity index (χ2v) is 7.23. The van der Waals surface area contributed by atoms with Gasteiger partial charge >= 0.3 is 0 Å². The van der Waals surface area contributed by atoms with Gasteiger partial charge in [-0.05, 0) is 34.8 Å². The van der Waals surface area contributed by atoms with Crippen molar-refractivity contribution < 1.29 is 12.8 Å². The second-order valence-electron chi connectivity index (χ2n) is 4.08. The Morgan fingerprint density at radius 2 is 2.29 bits per heavy atom. The summed E-state index contributed by atoms with van der Waals surface area (Å²) >= 11 is 3.11. The van der Waals surface area contributed by atoms with E-state index in [0.717, 1.165) is 6.42 Å². The maximum Gasteiger partial charge on any atom is 0.166 e. The Morgan fingerprint density at radius 1 is 1.53 bits per heavy atom.